The first-order valence-corrected chi connectivity index (χ1v) is 7.40. The fraction of sp³-hybridized carbons (Fsp3) is 0.500. The van der Waals surface area contributed by atoms with Gasteiger partial charge in [0.05, 0.1) is 21.8 Å². The van der Waals surface area contributed by atoms with E-state index in [4.69, 9.17) is 39.5 Å². The van der Waals surface area contributed by atoms with Crippen molar-refractivity contribution in [2.75, 3.05) is 5.43 Å². The lowest BCUT2D eigenvalue weighted by Crippen LogP contribution is -2.16. The van der Waals surface area contributed by atoms with Gasteiger partial charge in [0.1, 0.15) is 10.9 Å². The van der Waals surface area contributed by atoms with Crippen LogP contribution in [0.25, 0.3) is 0 Å². The van der Waals surface area contributed by atoms with Gasteiger partial charge in [0, 0.05) is 11.5 Å². The molecule has 0 fully saturated rings. The first kappa shape index (κ1) is 17.4. The third-order valence-corrected chi connectivity index (χ3v) is 3.54. The number of rotatable bonds is 4. The molecule has 3 nitrogen and oxygen atoms in total. The molecule has 0 heterocycles. The number of benzene rings is 1. The second kappa shape index (κ2) is 6.88. The molecule has 0 aromatic heterocycles. The summed E-state index contributed by atoms with van der Waals surface area (Å²) < 4.78 is 5.60. The average molecular weight is 338 g/mol. The lowest BCUT2D eigenvalue weighted by Gasteiger charge is -2.17. The van der Waals surface area contributed by atoms with Crippen LogP contribution in [-0.2, 0) is 0 Å². The number of anilines is 1. The van der Waals surface area contributed by atoms with E-state index in [1.54, 1.807) is 12.1 Å². The Hall–Kier alpha value is -0.640. The van der Waals surface area contributed by atoms with E-state index in [0.29, 0.717) is 26.7 Å². The van der Waals surface area contributed by atoms with Crippen LogP contribution in [0.15, 0.2) is 17.2 Å². The molecular formula is C14H19Cl3N2O. The van der Waals surface area contributed by atoms with E-state index >= 15 is 0 Å². The summed E-state index contributed by atoms with van der Waals surface area (Å²) in [6.07, 6.45) is 0.0168. The van der Waals surface area contributed by atoms with Gasteiger partial charge in [-0.25, -0.2) is 0 Å². The predicted octanol–water partition coefficient (Wildman–Crippen LogP) is 5.79. The number of hydrazone groups is 1. The number of hydrogen-bond donors (Lipinski definition) is 1. The first-order valence-electron chi connectivity index (χ1n) is 6.26. The summed E-state index contributed by atoms with van der Waals surface area (Å²) >= 11 is 18.3. The molecule has 112 valence electrons. The Morgan fingerprint density at radius 2 is 1.80 bits per heavy atom. The first-order chi connectivity index (χ1) is 9.11. The van der Waals surface area contributed by atoms with Crippen LogP contribution in [0.3, 0.4) is 0 Å². The third-order valence-electron chi connectivity index (χ3n) is 2.28. The van der Waals surface area contributed by atoms with Crippen molar-refractivity contribution in [3.63, 3.8) is 0 Å². The van der Waals surface area contributed by atoms with Crippen molar-refractivity contribution in [3.05, 3.63) is 22.2 Å². The summed E-state index contributed by atoms with van der Waals surface area (Å²) in [4.78, 5) is 0. The third kappa shape index (κ3) is 5.04. The molecule has 1 aromatic rings. The molecule has 1 rings (SSSR count). The summed E-state index contributed by atoms with van der Waals surface area (Å²) in [6, 6.07) is 3.32. The minimum atomic E-state index is -0.231. The minimum absolute atomic E-state index is 0.0168. The lowest BCUT2D eigenvalue weighted by atomic mass is 9.99. The van der Waals surface area contributed by atoms with Crippen molar-refractivity contribution in [2.24, 2.45) is 10.5 Å². The van der Waals surface area contributed by atoms with Crippen LogP contribution in [-0.4, -0.2) is 11.3 Å². The highest BCUT2D eigenvalue weighted by Gasteiger charge is 2.17. The molecular weight excluding hydrogens is 319 g/mol. The van der Waals surface area contributed by atoms with Gasteiger partial charge in [0.15, 0.2) is 0 Å². The number of nitrogens with zero attached hydrogens (tertiary/aromatic N) is 1. The molecule has 0 aliphatic heterocycles. The molecule has 0 atom stereocenters. The Morgan fingerprint density at radius 1 is 1.20 bits per heavy atom. The van der Waals surface area contributed by atoms with Gasteiger partial charge >= 0.3 is 0 Å². The average Bonchev–Trinajstić information content (AvgIpc) is 2.28. The predicted molar refractivity (Wildman–Crippen MR) is 88.6 cm³/mol. The van der Waals surface area contributed by atoms with Crippen molar-refractivity contribution in [1.82, 2.24) is 0 Å². The van der Waals surface area contributed by atoms with E-state index in [-0.39, 0.29) is 11.5 Å². The van der Waals surface area contributed by atoms with Crippen LogP contribution in [0.4, 0.5) is 5.69 Å². The van der Waals surface area contributed by atoms with Crippen LogP contribution in [0, 0.1) is 5.41 Å². The zero-order chi connectivity index (χ0) is 15.5. The topological polar surface area (TPSA) is 33.6 Å². The van der Waals surface area contributed by atoms with E-state index in [1.807, 2.05) is 34.6 Å². The molecule has 0 saturated heterocycles. The molecule has 0 radical (unpaired) electrons. The van der Waals surface area contributed by atoms with Crippen LogP contribution in [0.1, 0.15) is 34.6 Å². The van der Waals surface area contributed by atoms with Crippen LogP contribution < -0.4 is 10.2 Å². The van der Waals surface area contributed by atoms with E-state index in [9.17, 15) is 0 Å². The molecule has 1 N–H and O–H groups in total. The molecule has 20 heavy (non-hydrogen) atoms. The quantitative estimate of drug-likeness (QED) is 0.557. The Kier molecular flexibility index (Phi) is 5.99. The second-order valence-electron chi connectivity index (χ2n) is 5.69. The summed E-state index contributed by atoms with van der Waals surface area (Å²) in [5.74, 6) is 0.552. The molecule has 0 spiro atoms. The summed E-state index contributed by atoms with van der Waals surface area (Å²) in [5, 5.41) is 5.49. The molecule has 0 saturated carbocycles. The molecule has 1 aromatic carbocycles. The molecule has 0 aliphatic rings. The highest BCUT2D eigenvalue weighted by molar-refractivity contribution is 6.66. The highest BCUT2D eigenvalue weighted by atomic mass is 35.5. The number of hydrogen-bond acceptors (Lipinski definition) is 3. The SMILES string of the molecule is CC(C)Oc1cc(NN=C(Cl)C(C)(C)C)c(Cl)cc1Cl. The zero-order valence-corrected chi connectivity index (χ0v) is 14.5. The van der Waals surface area contributed by atoms with Crippen molar-refractivity contribution in [3.8, 4) is 5.75 Å². The summed E-state index contributed by atoms with van der Waals surface area (Å²) in [6.45, 7) is 9.76. The molecule has 6 heteroatoms. The number of ether oxygens (including phenoxy) is 1. The smallest absolute Gasteiger partial charge is 0.140 e. The molecule has 0 bridgehead atoms. The minimum Gasteiger partial charge on any atom is -0.489 e. The van der Waals surface area contributed by atoms with Crippen LogP contribution in [0.2, 0.25) is 10.0 Å². The highest BCUT2D eigenvalue weighted by Crippen LogP contribution is 2.35. The maximum absolute atomic E-state index is 6.12. The van der Waals surface area contributed by atoms with Gasteiger partial charge in [-0.15, -0.1) is 0 Å². The monoisotopic (exact) mass is 336 g/mol. The fourth-order valence-corrected chi connectivity index (χ4v) is 1.75. The summed E-state index contributed by atoms with van der Waals surface area (Å²) in [5.41, 5.74) is 3.21. The largest absolute Gasteiger partial charge is 0.489 e. The van der Waals surface area contributed by atoms with Crippen molar-refractivity contribution >= 4 is 45.7 Å². The maximum atomic E-state index is 6.12. The normalized spacial score (nSPS) is 12.8. The molecule has 0 unspecified atom stereocenters. The molecule has 0 amide bonds. The van der Waals surface area contributed by atoms with Gasteiger partial charge in [0.25, 0.3) is 0 Å². The van der Waals surface area contributed by atoms with Gasteiger partial charge in [0.2, 0.25) is 0 Å². The Balaban J connectivity index is 3.01. The van der Waals surface area contributed by atoms with Crippen molar-refractivity contribution < 1.29 is 4.74 Å². The van der Waals surface area contributed by atoms with E-state index in [2.05, 4.69) is 10.5 Å². The number of halogens is 3. The number of nitrogens with one attached hydrogen (secondary N) is 1. The van der Waals surface area contributed by atoms with Crippen molar-refractivity contribution in [1.29, 1.82) is 0 Å². The Morgan fingerprint density at radius 3 is 2.30 bits per heavy atom. The standard InChI is InChI=1S/C14H19Cl3N2O/c1-8(2)20-12-7-11(9(15)6-10(12)16)18-19-13(17)14(3,4)5/h6-8,18H,1-5H3. The van der Waals surface area contributed by atoms with Gasteiger partial charge in [-0.1, -0.05) is 55.6 Å². The van der Waals surface area contributed by atoms with Crippen LogP contribution in [0.5, 0.6) is 5.75 Å². The lowest BCUT2D eigenvalue weighted by molar-refractivity contribution is 0.242. The maximum Gasteiger partial charge on any atom is 0.140 e. The second-order valence-corrected chi connectivity index (χ2v) is 6.87. The fourth-order valence-electron chi connectivity index (χ4n) is 1.24. The van der Waals surface area contributed by atoms with E-state index in [0.717, 1.165) is 0 Å². The van der Waals surface area contributed by atoms with Crippen LogP contribution >= 0.6 is 34.8 Å². The summed E-state index contributed by atoms with van der Waals surface area (Å²) in [7, 11) is 0. The molecule has 0 aliphatic carbocycles. The van der Waals surface area contributed by atoms with Gasteiger partial charge in [-0.3, -0.25) is 5.43 Å². The van der Waals surface area contributed by atoms with E-state index in [1.165, 1.54) is 0 Å². The zero-order valence-electron chi connectivity index (χ0n) is 12.2. The van der Waals surface area contributed by atoms with Gasteiger partial charge < -0.3 is 4.74 Å². The van der Waals surface area contributed by atoms with Gasteiger partial charge in [-0.2, -0.15) is 5.10 Å². The van der Waals surface area contributed by atoms with E-state index < -0.39 is 0 Å². The van der Waals surface area contributed by atoms with Gasteiger partial charge in [-0.05, 0) is 19.9 Å². The Bertz CT molecular complexity index is 508. The Labute approximate surface area is 135 Å². The van der Waals surface area contributed by atoms with Crippen molar-refractivity contribution in [2.45, 2.75) is 40.7 Å².